The Hall–Kier alpha value is -2.71. The van der Waals surface area contributed by atoms with E-state index in [-0.39, 0.29) is 18.0 Å². The summed E-state index contributed by atoms with van der Waals surface area (Å²) in [4.78, 5) is 16.0. The SMILES string of the molecule is Cc1ccc(C(=O)Nc2ccc(C#CCN)c(F)c2)cn1. The predicted molar refractivity (Wildman–Crippen MR) is 79.3 cm³/mol. The predicted octanol–water partition coefficient (Wildman–Crippen LogP) is 2.09. The first-order valence-electron chi connectivity index (χ1n) is 6.32. The quantitative estimate of drug-likeness (QED) is 0.829. The molecule has 0 aliphatic heterocycles. The number of anilines is 1. The minimum Gasteiger partial charge on any atom is -0.322 e. The van der Waals surface area contributed by atoms with Gasteiger partial charge in [0.05, 0.1) is 17.7 Å². The highest BCUT2D eigenvalue weighted by molar-refractivity contribution is 6.04. The standard InChI is InChI=1S/C16H14FN3O/c1-11-4-5-13(10-19-11)16(21)20-14-7-6-12(3-2-8-18)15(17)9-14/h4-7,9-10H,8,18H2,1H3,(H,20,21). The van der Waals surface area contributed by atoms with Crippen LogP contribution >= 0.6 is 0 Å². The van der Waals surface area contributed by atoms with Crippen molar-refractivity contribution in [3.63, 3.8) is 0 Å². The van der Waals surface area contributed by atoms with Crippen LogP contribution in [0.1, 0.15) is 21.6 Å². The van der Waals surface area contributed by atoms with Gasteiger partial charge in [0.25, 0.3) is 5.91 Å². The van der Waals surface area contributed by atoms with Crippen LogP contribution in [-0.2, 0) is 0 Å². The van der Waals surface area contributed by atoms with Crippen LogP contribution in [0, 0.1) is 24.6 Å². The molecule has 1 amide bonds. The molecule has 0 saturated heterocycles. The molecule has 0 unspecified atom stereocenters. The molecule has 0 spiro atoms. The number of carbonyl (C=O) groups excluding carboxylic acids is 1. The van der Waals surface area contributed by atoms with Gasteiger partial charge in [-0.25, -0.2) is 4.39 Å². The normalized spacial score (nSPS) is 9.67. The van der Waals surface area contributed by atoms with Gasteiger partial charge < -0.3 is 11.1 Å². The van der Waals surface area contributed by atoms with Crippen LogP contribution in [0.5, 0.6) is 0 Å². The third kappa shape index (κ3) is 3.88. The maximum absolute atomic E-state index is 13.8. The zero-order valence-corrected chi connectivity index (χ0v) is 11.5. The highest BCUT2D eigenvalue weighted by Gasteiger charge is 2.08. The first-order chi connectivity index (χ1) is 10.1. The molecule has 2 rings (SSSR count). The van der Waals surface area contributed by atoms with Gasteiger partial charge in [0.15, 0.2) is 0 Å². The number of nitrogens with zero attached hydrogens (tertiary/aromatic N) is 1. The van der Waals surface area contributed by atoms with E-state index in [2.05, 4.69) is 22.1 Å². The number of hydrogen-bond acceptors (Lipinski definition) is 3. The summed E-state index contributed by atoms with van der Waals surface area (Å²) in [5.74, 6) is 4.35. The molecule has 0 atom stereocenters. The number of rotatable bonds is 2. The molecule has 21 heavy (non-hydrogen) atoms. The minimum atomic E-state index is -0.504. The van der Waals surface area contributed by atoms with Gasteiger partial charge in [0, 0.05) is 17.6 Å². The van der Waals surface area contributed by atoms with Crippen LogP contribution in [-0.4, -0.2) is 17.4 Å². The van der Waals surface area contributed by atoms with Crippen molar-refractivity contribution in [3.8, 4) is 11.8 Å². The van der Waals surface area contributed by atoms with E-state index < -0.39 is 5.82 Å². The van der Waals surface area contributed by atoms with E-state index in [9.17, 15) is 9.18 Å². The zero-order chi connectivity index (χ0) is 15.2. The second kappa shape index (κ2) is 6.64. The average Bonchev–Trinajstić information content (AvgIpc) is 2.47. The number of benzene rings is 1. The molecule has 1 aromatic heterocycles. The maximum atomic E-state index is 13.8. The van der Waals surface area contributed by atoms with Crippen molar-refractivity contribution >= 4 is 11.6 Å². The molecule has 5 heteroatoms. The fraction of sp³-hybridized carbons (Fsp3) is 0.125. The molecular weight excluding hydrogens is 269 g/mol. The molecule has 106 valence electrons. The summed E-state index contributed by atoms with van der Waals surface area (Å²) < 4.78 is 13.8. The van der Waals surface area contributed by atoms with E-state index >= 15 is 0 Å². The lowest BCUT2D eigenvalue weighted by Gasteiger charge is -2.06. The number of nitrogens with one attached hydrogen (secondary N) is 1. The van der Waals surface area contributed by atoms with Gasteiger partial charge >= 0.3 is 0 Å². The van der Waals surface area contributed by atoms with Crippen LogP contribution < -0.4 is 11.1 Å². The van der Waals surface area contributed by atoms with Crippen molar-refractivity contribution in [2.75, 3.05) is 11.9 Å². The smallest absolute Gasteiger partial charge is 0.257 e. The van der Waals surface area contributed by atoms with Crippen molar-refractivity contribution in [2.24, 2.45) is 5.73 Å². The Morgan fingerprint density at radius 3 is 2.81 bits per heavy atom. The van der Waals surface area contributed by atoms with E-state index in [1.807, 2.05) is 6.92 Å². The molecule has 0 bridgehead atoms. The van der Waals surface area contributed by atoms with E-state index in [1.165, 1.54) is 18.3 Å². The van der Waals surface area contributed by atoms with E-state index in [1.54, 1.807) is 18.2 Å². The molecular formula is C16H14FN3O. The Morgan fingerprint density at radius 1 is 1.38 bits per heavy atom. The second-order valence-electron chi connectivity index (χ2n) is 4.34. The summed E-state index contributed by atoms with van der Waals surface area (Å²) in [5, 5.41) is 2.61. The van der Waals surface area contributed by atoms with E-state index in [0.717, 1.165) is 5.69 Å². The second-order valence-corrected chi connectivity index (χ2v) is 4.34. The Bertz CT molecular complexity index is 715. The number of aryl methyl sites for hydroxylation is 1. The number of halogens is 1. The summed E-state index contributed by atoms with van der Waals surface area (Å²) in [6.07, 6.45) is 1.47. The molecule has 0 aliphatic carbocycles. The summed E-state index contributed by atoms with van der Waals surface area (Å²) in [5.41, 5.74) is 7.07. The number of carbonyl (C=O) groups is 1. The summed E-state index contributed by atoms with van der Waals surface area (Å²) >= 11 is 0. The number of amides is 1. The maximum Gasteiger partial charge on any atom is 0.257 e. The number of pyridine rings is 1. The fourth-order valence-electron chi connectivity index (χ4n) is 1.65. The van der Waals surface area contributed by atoms with E-state index in [4.69, 9.17) is 5.73 Å². The third-order valence-corrected chi connectivity index (χ3v) is 2.73. The van der Waals surface area contributed by atoms with Gasteiger partial charge in [-0.15, -0.1) is 0 Å². The lowest BCUT2D eigenvalue weighted by atomic mass is 10.2. The molecule has 0 aliphatic rings. The molecule has 1 heterocycles. The molecule has 2 aromatic rings. The summed E-state index contributed by atoms with van der Waals surface area (Å²) in [6, 6.07) is 7.71. The number of hydrogen-bond donors (Lipinski definition) is 2. The van der Waals surface area contributed by atoms with Crippen LogP contribution in [0.15, 0.2) is 36.5 Å². The lowest BCUT2D eigenvalue weighted by molar-refractivity contribution is 0.102. The van der Waals surface area contributed by atoms with Crippen LogP contribution in [0.4, 0.5) is 10.1 Å². The van der Waals surface area contributed by atoms with Gasteiger partial charge in [0.2, 0.25) is 0 Å². The molecule has 3 N–H and O–H groups in total. The van der Waals surface area contributed by atoms with Crippen molar-refractivity contribution in [2.45, 2.75) is 6.92 Å². The Kier molecular flexibility index (Phi) is 4.64. The third-order valence-electron chi connectivity index (χ3n) is 2.73. The first-order valence-corrected chi connectivity index (χ1v) is 6.32. The largest absolute Gasteiger partial charge is 0.322 e. The molecule has 0 saturated carbocycles. The van der Waals surface area contributed by atoms with Gasteiger partial charge in [-0.05, 0) is 37.3 Å². The van der Waals surface area contributed by atoms with Gasteiger partial charge in [-0.3, -0.25) is 9.78 Å². The van der Waals surface area contributed by atoms with E-state index in [0.29, 0.717) is 11.3 Å². The highest BCUT2D eigenvalue weighted by Crippen LogP contribution is 2.15. The number of aromatic nitrogens is 1. The zero-order valence-electron chi connectivity index (χ0n) is 11.5. The number of nitrogens with two attached hydrogens (primary N) is 1. The Labute approximate surface area is 122 Å². The monoisotopic (exact) mass is 283 g/mol. The van der Waals surface area contributed by atoms with Crippen molar-refractivity contribution in [1.82, 2.24) is 4.98 Å². The van der Waals surface area contributed by atoms with Crippen LogP contribution in [0.3, 0.4) is 0 Å². The lowest BCUT2D eigenvalue weighted by Crippen LogP contribution is -2.12. The van der Waals surface area contributed by atoms with Crippen molar-refractivity contribution < 1.29 is 9.18 Å². The van der Waals surface area contributed by atoms with Crippen LogP contribution in [0.2, 0.25) is 0 Å². The summed E-state index contributed by atoms with van der Waals surface area (Å²) in [6.45, 7) is 2.00. The minimum absolute atomic E-state index is 0.165. The Balaban J connectivity index is 2.14. The fourth-order valence-corrected chi connectivity index (χ4v) is 1.65. The summed E-state index contributed by atoms with van der Waals surface area (Å²) in [7, 11) is 0. The molecule has 0 radical (unpaired) electrons. The van der Waals surface area contributed by atoms with Gasteiger partial charge in [-0.2, -0.15) is 0 Å². The molecule has 4 nitrogen and oxygen atoms in total. The first kappa shape index (κ1) is 14.7. The van der Waals surface area contributed by atoms with Crippen molar-refractivity contribution in [3.05, 3.63) is 59.2 Å². The highest BCUT2D eigenvalue weighted by atomic mass is 19.1. The van der Waals surface area contributed by atoms with Gasteiger partial charge in [-0.1, -0.05) is 11.8 Å². The van der Waals surface area contributed by atoms with Crippen molar-refractivity contribution in [1.29, 1.82) is 0 Å². The average molecular weight is 283 g/mol. The van der Waals surface area contributed by atoms with Gasteiger partial charge in [0.1, 0.15) is 5.82 Å². The topological polar surface area (TPSA) is 68.0 Å². The Morgan fingerprint density at radius 2 is 2.19 bits per heavy atom. The molecule has 1 aromatic carbocycles. The molecule has 0 fully saturated rings. The van der Waals surface area contributed by atoms with Crippen LogP contribution in [0.25, 0.3) is 0 Å².